The van der Waals surface area contributed by atoms with Gasteiger partial charge in [-0.3, -0.25) is 4.98 Å². The van der Waals surface area contributed by atoms with Crippen LogP contribution in [0.25, 0.3) is 11.0 Å². The molecule has 0 aliphatic rings. The van der Waals surface area contributed by atoms with Gasteiger partial charge in [-0.25, -0.2) is 4.98 Å². The van der Waals surface area contributed by atoms with Gasteiger partial charge < -0.3 is 4.74 Å². The maximum Gasteiger partial charge on any atom is 0.148 e. The van der Waals surface area contributed by atoms with Crippen LogP contribution in [0.4, 0.5) is 0 Å². The molecular weight excluding hydrogens is 260 g/mol. The highest BCUT2D eigenvalue weighted by Crippen LogP contribution is 2.20. The van der Waals surface area contributed by atoms with Crippen LogP contribution < -0.4 is 4.74 Å². The van der Waals surface area contributed by atoms with Crippen molar-refractivity contribution in [2.45, 2.75) is 6.61 Å². The van der Waals surface area contributed by atoms with Crippen molar-refractivity contribution in [3.8, 4) is 5.75 Å². The fourth-order valence-electron chi connectivity index (χ4n) is 1.80. The molecule has 0 aliphatic carbocycles. The van der Waals surface area contributed by atoms with Crippen LogP contribution in [-0.4, -0.2) is 9.97 Å². The Kier molecular flexibility index (Phi) is 3.29. The smallest absolute Gasteiger partial charge is 0.148 e. The second kappa shape index (κ2) is 5.24. The van der Waals surface area contributed by atoms with E-state index in [-0.39, 0.29) is 0 Å². The summed E-state index contributed by atoms with van der Waals surface area (Å²) in [7, 11) is 0. The Balaban J connectivity index is 1.81. The maximum absolute atomic E-state index is 5.83. The van der Waals surface area contributed by atoms with Crippen molar-refractivity contribution in [1.29, 1.82) is 0 Å². The molecular formula is C15H11ClN2O. The van der Waals surface area contributed by atoms with E-state index < -0.39 is 0 Å². The zero-order valence-corrected chi connectivity index (χ0v) is 10.8. The summed E-state index contributed by atoms with van der Waals surface area (Å²) in [4.78, 5) is 8.40. The molecule has 0 amide bonds. The molecule has 0 bridgehead atoms. The lowest BCUT2D eigenvalue weighted by Crippen LogP contribution is -1.95. The van der Waals surface area contributed by atoms with Crippen molar-refractivity contribution in [2.75, 3.05) is 0 Å². The molecule has 0 fully saturated rings. The number of halogens is 1. The van der Waals surface area contributed by atoms with Crippen LogP contribution in [0.5, 0.6) is 5.75 Å². The van der Waals surface area contributed by atoms with E-state index in [1.165, 1.54) is 6.20 Å². The first kappa shape index (κ1) is 11.9. The van der Waals surface area contributed by atoms with E-state index >= 15 is 0 Å². The van der Waals surface area contributed by atoms with Gasteiger partial charge in [0.2, 0.25) is 0 Å². The molecule has 0 aliphatic heterocycles. The van der Waals surface area contributed by atoms with Gasteiger partial charge in [0.05, 0.1) is 17.2 Å². The van der Waals surface area contributed by atoms with E-state index in [4.69, 9.17) is 16.3 Å². The van der Waals surface area contributed by atoms with E-state index in [0.29, 0.717) is 11.8 Å². The topological polar surface area (TPSA) is 35.0 Å². The highest BCUT2D eigenvalue weighted by molar-refractivity contribution is 6.29. The molecule has 0 unspecified atom stereocenters. The first-order chi connectivity index (χ1) is 9.31. The lowest BCUT2D eigenvalue weighted by atomic mass is 10.2. The monoisotopic (exact) mass is 270 g/mol. The molecule has 94 valence electrons. The van der Waals surface area contributed by atoms with Gasteiger partial charge in [-0.05, 0) is 17.7 Å². The molecule has 0 atom stereocenters. The molecule has 4 heteroatoms. The normalized spacial score (nSPS) is 10.6. The molecule has 1 aromatic heterocycles. The Morgan fingerprint density at radius 2 is 1.84 bits per heavy atom. The molecule has 3 rings (SSSR count). The van der Waals surface area contributed by atoms with E-state index in [0.717, 1.165) is 22.3 Å². The van der Waals surface area contributed by atoms with Gasteiger partial charge in [0.25, 0.3) is 0 Å². The minimum absolute atomic E-state index is 0.382. The number of benzene rings is 2. The fraction of sp³-hybridized carbons (Fsp3) is 0.0667. The second-order valence-electron chi connectivity index (χ2n) is 4.12. The zero-order valence-electron chi connectivity index (χ0n) is 10.1. The quantitative estimate of drug-likeness (QED) is 0.725. The van der Waals surface area contributed by atoms with E-state index in [9.17, 15) is 0 Å². The molecule has 0 radical (unpaired) electrons. The van der Waals surface area contributed by atoms with E-state index in [2.05, 4.69) is 9.97 Å². The summed E-state index contributed by atoms with van der Waals surface area (Å²) in [6.45, 7) is 0.528. The molecule has 3 nitrogen and oxygen atoms in total. The van der Waals surface area contributed by atoms with Gasteiger partial charge in [-0.2, -0.15) is 0 Å². The zero-order chi connectivity index (χ0) is 13.1. The predicted molar refractivity (Wildman–Crippen MR) is 75.3 cm³/mol. The highest BCUT2D eigenvalue weighted by Gasteiger charge is 2.01. The van der Waals surface area contributed by atoms with Crippen molar-refractivity contribution >= 4 is 22.6 Å². The maximum atomic E-state index is 5.83. The summed E-state index contributed by atoms with van der Waals surface area (Å²) in [5.41, 5.74) is 2.66. The largest absolute Gasteiger partial charge is 0.489 e. The van der Waals surface area contributed by atoms with Crippen molar-refractivity contribution in [3.05, 3.63) is 65.4 Å². The predicted octanol–water partition coefficient (Wildman–Crippen LogP) is 3.86. The van der Waals surface area contributed by atoms with Gasteiger partial charge >= 0.3 is 0 Å². The molecule has 19 heavy (non-hydrogen) atoms. The summed E-state index contributed by atoms with van der Waals surface area (Å²) in [5, 5.41) is 0.382. The van der Waals surface area contributed by atoms with Crippen molar-refractivity contribution in [1.82, 2.24) is 9.97 Å². The van der Waals surface area contributed by atoms with Crippen molar-refractivity contribution < 1.29 is 4.74 Å². The number of hydrogen-bond donors (Lipinski definition) is 0. The standard InChI is InChI=1S/C15H11ClN2O/c16-15-9-17-13-7-6-12(8-14(13)18-15)19-10-11-4-2-1-3-5-11/h1-9H,10H2. The van der Waals surface area contributed by atoms with E-state index in [1.54, 1.807) is 0 Å². The minimum atomic E-state index is 0.382. The van der Waals surface area contributed by atoms with Gasteiger partial charge in [0, 0.05) is 6.07 Å². The second-order valence-corrected chi connectivity index (χ2v) is 4.50. The van der Waals surface area contributed by atoms with Crippen LogP contribution in [0, 0.1) is 0 Å². The molecule has 0 saturated carbocycles. The van der Waals surface area contributed by atoms with Gasteiger partial charge in [-0.15, -0.1) is 0 Å². The molecule has 2 aromatic carbocycles. The molecule has 0 N–H and O–H groups in total. The van der Waals surface area contributed by atoms with Crippen LogP contribution in [-0.2, 0) is 6.61 Å². The summed E-state index contributed by atoms with van der Waals surface area (Å²) in [5.74, 6) is 0.757. The minimum Gasteiger partial charge on any atom is -0.489 e. The third-order valence-electron chi connectivity index (χ3n) is 2.73. The number of fused-ring (bicyclic) bond motifs is 1. The summed E-state index contributed by atoms with van der Waals surface area (Å²) >= 11 is 5.83. The Labute approximate surface area is 115 Å². The summed E-state index contributed by atoms with van der Waals surface area (Å²) in [6.07, 6.45) is 1.54. The average molecular weight is 271 g/mol. The van der Waals surface area contributed by atoms with Gasteiger partial charge in [0.15, 0.2) is 0 Å². The third-order valence-corrected chi connectivity index (χ3v) is 2.91. The Morgan fingerprint density at radius 1 is 1.00 bits per heavy atom. The average Bonchev–Trinajstić information content (AvgIpc) is 2.46. The van der Waals surface area contributed by atoms with Crippen LogP contribution in [0.15, 0.2) is 54.7 Å². The molecule has 3 aromatic rings. The molecule has 0 spiro atoms. The first-order valence-electron chi connectivity index (χ1n) is 5.90. The summed E-state index contributed by atoms with van der Waals surface area (Å²) in [6, 6.07) is 15.6. The van der Waals surface area contributed by atoms with Crippen molar-refractivity contribution in [3.63, 3.8) is 0 Å². The first-order valence-corrected chi connectivity index (χ1v) is 6.28. The van der Waals surface area contributed by atoms with Crippen LogP contribution in [0.2, 0.25) is 5.15 Å². The SMILES string of the molecule is Clc1cnc2ccc(OCc3ccccc3)cc2n1. The fourth-order valence-corrected chi connectivity index (χ4v) is 1.94. The number of ether oxygens (including phenoxy) is 1. The van der Waals surface area contributed by atoms with Crippen LogP contribution in [0.1, 0.15) is 5.56 Å². The van der Waals surface area contributed by atoms with Gasteiger partial charge in [-0.1, -0.05) is 41.9 Å². The Morgan fingerprint density at radius 3 is 2.68 bits per heavy atom. The number of hydrogen-bond acceptors (Lipinski definition) is 3. The lowest BCUT2D eigenvalue weighted by molar-refractivity contribution is 0.306. The summed E-state index contributed by atoms with van der Waals surface area (Å²) < 4.78 is 5.73. The molecule has 1 heterocycles. The molecule has 0 saturated heterocycles. The Bertz CT molecular complexity index is 701. The third kappa shape index (κ3) is 2.83. The van der Waals surface area contributed by atoms with E-state index in [1.807, 2.05) is 48.5 Å². The highest BCUT2D eigenvalue weighted by atomic mass is 35.5. The number of aromatic nitrogens is 2. The number of nitrogens with zero attached hydrogens (tertiary/aromatic N) is 2. The number of rotatable bonds is 3. The van der Waals surface area contributed by atoms with Crippen LogP contribution >= 0.6 is 11.6 Å². The lowest BCUT2D eigenvalue weighted by Gasteiger charge is -2.06. The van der Waals surface area contributed by atoms with Crippen LogP contribution in [0.3, 0.4) is 0 Å². The van der Waals surface area contributed by atoms with Gasteiger partial charge in [0.1, 0.15) is 17.5 Å². The van der Waals surface area contributed by atoms with Crippen molar-refractivity contribution in [2.24, 2.45) is 0 Å². The Hall–Kier alpha value is -2.13.